The summed E-state index contributed by atoms with van der Waals surface area (Å²) in [7, 11) is 0. The van der Waals surface area contributed by atoms with Gasteiger partial charge in [-0.15, -0.1) is 6.58 Å². The van der Waals surface area contributed by atoms with Gasteiger partial charge in [-0.05, 0) is 44.4 Å². The highest BCUT2D eigenvalue weighted by atomic mass is 16.6. The Balaban J connectivity index is 1.96. The summed E-state index contributed by atoms with van der Waals surface area (Å²) in [6, 6.07) is 7.21. The summed E-state index contributed by atoms with van der Waals surface area (Å²) in [6.07, 6.45) is 8.72. The second-order valence-electron chi connectivity index (χ2n) is 6.38. The molecule has 1 heterocycles. The Morgan fingerprint density at radius 3 is 2.45 bits per heavy atom. The van der Waals surface area contributed by atoms with E-state index in [1.54, 1.807) is 12.1 Å². The van der Waals surface area contributed by atoms with E-state index in [1.165, 1.54) is 0 Å². The Hall–Kier alpha value is -1.54. The fraction of sp³-hybridized carbons (Fsp3) is 0.444. The zero-order chi connectivity index (χ0) is 14.8. The van der Waals surface area contributed by atoms with E-state index in [4.69, 9.17) is 4.74 Å². The molecule has 2 rings (SSSR count). The van der Waals surface area contributed by atoms with Gasteiger partial charge < -0.3 is 9.84 Å². The maximum absolute atomic E-state index is 9.28. The van der Waals surface area contributed by atoms with Gasteiger partial charge in [0.15, 0.2) is 0 Å². The van der Waals surface area contributed by atoms with Gasteiger partial charge in [0.1, 0.15) is 5.75 Å². The van der Waals surface area contributed by atoms with Crippen molar-refractivity contribution >= 4 is 6.08 Å². The minimum Gasteiger partial charge on any atom is -0.508 e. The van der Waals surface area contributed by atoms with Gasteiger partial charge in [-0.3, -0.25) is 0 Å². The van der Waals surface area contributed by atoms with Crippen molar-refractivity contribution in [1.29, 1.82) is 0 Å². The Labute approximate surface area is 121 Å². The predicted molar refractivity (Wildman–Crippen MR) is 83.6 cm³/mol. The van der Waals surface area contributed by atoms with E-state index in [0.717, 1.165) is 18.4 Å². The van der Waals surface area contributed by atoms with Gasteiger partial charge in [0.2, 0.25) is 0 Å². The molecule has 2 nitrogen and oxygen atoms in total. The highest BCUT2D eigenvalue weighted by Gasteiger charge is 2.47. The summed E-state index contributed by atoms with van der Waals surface area (Å²) in [4.78, 5) is 0. The van der Waals surface area contributed by atoms with Gasteiger partial charge in [0.05, 0.1) is 11.7 Å². The lowest BCUT2D eigenvalue weighted by Gasteiger charge is -2.21. The maximum atomic E-state index is 9.28. The third kappa shape index (κ3) is 3.73. The van der Waals surface area contributed by atoms with Crippen LogP contribution in [0.5, 0.6) is 5.75 Å². The van der Waals surface area contributed by atoms with Crippen molar-refractivity contribution in [3.05, 3.63) is 48.6 Å². The van der Waals surface area contributed by atoms with Crippen LogP contribution in [0.25, 0.3) is 6.08 Å². The summed E-state index contributed by atoms with van der Waals surface area (Å²) < 4.78 is 5.63. The molecule has 108 valence electrons. The second-order valence-corrected chi connectivity index (χ2v) is 6.38. The Bertz CT molecular complexity index is 499. The number of hydrogen-bond acceptors (Lipinski definition) is 2. The molecule has 1 saturated heterocycles. The Morgan fingerprint density at radius 1 is 1.35 bits per heavy atom. The van der Waals surface area contributed by atoms with E-state index >= 15 is 0 Å². The van der Waals surface area contributed by atoms with Crippen LogP contribution in [0.1, 0.15) is 39.2 Å². The molecule has 1 fully saturated rings. The van der Waals surface area contributed by atoms with E-state index in [2.05, 4.69) is 39.5 Å². The van der Waals surface area contributed by atoms with Crippen molar-refractivity contribution in [1.82, 2.24) is 0 Å². The summed E-state index contributed by atoms with van der Waals surface area (Å²) in [5, 5.41) is 9.28. The monoisotopic (exact) mass is 272 g/mol. The smallest absolute Gasteiger partial charge is 0.115 e. The van der Waals surface area contributed by atoms with Crippen molar-refractivity contribution < 1.29 is 9.84 Å². The van der Waals surface area contributed by atoms with Crippen LogP contribution in [0.15, 0.2) is 43.0 Å². The first-order chi connectivity index (χ1) is 9.35. The molecule has 1 aromatic rings. The van der Waals surface area contributed by atoms with Gasteiger partial charge >= 0.3 is 0 Å². The minimum absolute atomic E-state index is 0.0279. The molecule has 1 N–H and O–H groups in total. The highest BCUT2D eigenvalue weighted by molar-refractivity contribution is 5.51. The van der Waals surface area contributed by atoms with Crippen molar-refractivity contribution in [3.63, 3.8) is 0 Å². The number of hydrogen-bond donors (Lipinski definition) is 1. The molecule has 2 atom stereocenters. The number of epoxide rings is 1. The summed E-state index contributed by atoms with van der Waals surface area (Å²) in [5.74, 6) is 0.293. The molecule has 0 spiro atoms. The quantitative estimate of drug-likeness (QED) is 0.608. The molecule has 0 aliphatic carbocycles. The van der Waals surface area contributed by atoms with Gasteiger partial charge in [-0.25, -0.2) is 0 Å². The number of rotatable bonds is 6. The van der Waals surface area contributed by atoms with E-state index in [-0.39, 0.29) is 11.0 Å². The van der Waals surface area contributed by atoms with Crippen molar-refractivity contribution in [2.24, 2.45) is 5.41 Å². The maximum Gasteiger partial charge on any atom is 0.115 e. The number of phenolic OH excluding ortho intramolecular Hbond substituents is 1. The number of allylic oxidation sites excluding steroid dienone is 2. The standard InChI is InChI=1S/C18H24O2/c1-5-18(4,13-11-16-17(2,3)20-16)12-10-14-6-8-15(19)9-7-14/h5-10,12,16,19H,1,11,13H2,2-4H3. The fourth-order valence-electron chi connectivity index (χ4n) is 2.31. The molecule has 1 aromatic carbocycles. The zero-order valence-corrected chi connectivity index (χ0v) is 12.6. The molecular formula is C18H24O2. The van der Waals surface area contributed by atoms with Gasteiger partial charge in [-0.2, -0.15) is 0 Å². The molecular weight excluding hydrogens is 248 g/mol. The van der Waals surface area contributed by atoms with Crippen LogP contribution in [0.2, 0.25) is 0 Å². The topological polar surface area (TPSA) is 32.8 Å². The molecule has 0 saturated carbocycles. The summed E-state index contributed by atoms with van der Waals surface area (Å²) in [5.41, 5.74) is 1.11. The number of aromatic hydroxyl groups is 1. The van der Waals surface area contributed by atoms with Crippen LogP contribution in [0.3, 0.4) is 0 Å². The van der Waals surface area contributed by atoms with Crippen LogP contribution in [0, 0.1) is 5.41 Å². The normalized spacial score (nSPS) is 23.4. The highest BCUT2D eigenvalue weighted by Crippen LogP contribution is 2.41. The molecule has 2 heteroatoms. The van der Waals surface area contributed by atoms with E-state index in [0.29, 0.717) is 11.9 Å². The lowest BCUT2D eigenvalue weighted by atomic mass is 9.83. The zero-order valence-electron chi connectivity index (χ0n) is 12.6. The first-order valence-electron chi connectivity index (χ1n) is 7.14. The molecule has 0 aromatic heterocycles. The minimum atomic E-state index is -0.0279. The lowest BCUT2D eigenvalue weighted by Crippen LogP contribution is -2.12. The predicted octanol–water partition coefficient (Wildman–Crippen LogP) is 4.56. The summed E-state index contributed by atoms with van der Waals surface area (Å²) >= 11 is 0. The number of benzene rings is 1. The van der Waals surface area contributed by atoms with E-state index in [9.17, 15) is 5.11 Å². The van der Waals surface area contributed by atoms with Crippen molar-refractivity contribution in [3.8, 4) is 5.75 Å². The van der Waals surface area contributed by atoms with Crippen LogP contribution in [0.4, 0.5) is 0 Å². The van der Waals surface area contributed by atoms with Crippen molar-refractivity contribution in [2.75, 3.05) is 0 Å². The third-order valence-corrected chi connectivity index (χ3v) is 4.13. The second kappa shape index (κ2) is 5.45. The van der Waals surface area contributed by atoms with Gasteiger partial charge in [-0.1, -0.05) is 37.3 Å². The molecule has 0 radical (unpaired) electrons. The van der Waals surface area contributed by atoms with E-state index < -0.39 is 0 Å². The average Bonchev–Trinajstić information content (AvgIpc) is 3.04. The van der Waals surface area contributed by atoms with Gasteiger partial charge in [0, 0.05) is 5.41 Å². The van der Waals surface area contributed by atoms with Crippen molar-refractivity contribution in [2.45, 2.75) is 45.3 Å². The first kappa shape index (κ1) is 14.9. The van der Waals surface area contributed by atoms with Crippen LogP contribution < -0.4 is 0 Å². The molecule has 0 amide bonds. The SMILES string of the molecule is C=CC(C)(C=Cc1ccc(O)cc1)CCC1OC1(C)C. The summed E-state index contributed by atoms with van der Waals surface area (Å²) in [6.45, 7) is 10.4. The molecule has 0 bridgehead atoms. The number of phenols is 1. The first-order valence-corrected chi connectivity index (χ1v) is 7.14. The van der Waals surface area contributed by atoms with Crippen LogP contribution >= 0.6 is 0 Å². The number of ether oxygens (including phenoxy) is 1. The Kier molecular flexibility index (Phi) is 4.05. The fourth-order valence-corrected chi connectivity index (χ4v) is 2.31. The lowest BCUT2D eigenvalue weighted by molar-refractivity contribution is 0.311. The third-order valence-electron chi connectivity index (χ3n) is 4.13. The van der Waals surface area contributed by atoms with Gasteiger partial charge in [0.25, 0.3) is 0 Å². The average molecular weight is 272 g/mol. The molecule has 20 heavy (non-hydrogen) atoms. The van der Waals surface area contributed by atoms with Crippen LogP contribution in [-0.2, 0) is 4.74 Å². The molecule has 2 unspecified atom stereocenters. The molecule has 1 aliphatic heterocycles. The molecule has 1 aliphatic rings. The largest absolute Gasteiger partial charge is 0.508 e. The van der Waals surface area contributed by atoms with Crippen LogP contribution in [-0.4, -0.2) is 16.8 Å². The van der Waals surface area contributed by atoms with E-state index in [1.807, 2.05) is 18.2 Å². The Morgan fingerprint density at radius 2 is 1.95 bits per heavy atom.